The third-order valence-electron chi connectivity index (χ3n) is 2.70. The summed E-state index contributed by atoms with van der Waals surface area (Å²) in [6, 6.07) is 5.95. The predicted octanol–water partition coefficient (Wildman–Crippen LogP) is 1.12. The number of ether oxygens (including phenoxy) is 2. The van der Waals surface area contributed by atoms with E-state index in [0.29, 0.717) is 13.2 Å². The highest BCUT2D eigenvalue weighted by Crippen LogP contribution is 2.14. The summed E-state index contributed by atoms with van der Waals surface area (Å²) in [6.07, 6.45) is -0.319. The Hall–Kier alpha value is -1.79. The summed E-state index contributed by atoms with van der Waals surface area (Å²) in [5.41, 5.74) is 0.753. The van der Waals surface area contributed by atoms with Crippen molar-refractivity contribution < 1.29 is 19.2 Å². The van der Waals surface area contributed by atoms with Gasteiger partial charge in [-0.2, -0.15) is 0 Å². The lowest BCUT2D eigenvalue weighted by Crippen LogP contribution is -2.36. The molecule has 0 spiro atoms. The lowest BCUT2D eigenvalue weighted by atomic mass is 10.1. The minimum absolute atomic E-state index is 0.0171. The van der Waals surface area contributed by atoms with Gasteiger partial charge in [-0.15, -0.1) is 0 Å². The average Bonchev–Trinajstić information content (AvgIpc) is 2.40. The Morgan fingerprint density at radius 2 is 2.06 bits per heavy atom. The molecule has 1 atom stereocenters. The Morgan fingerprint density at radius 3 is 2.61 bits per heavy atom. The Bertz CT molecular complexity index is 436. The molecule has 0 bridgehead atoms. The molecule has 96 valence electrons. The number of hydrogen-bond donors (Lipinski definition) is 0. The number of carbonyl (C=O) groups is 1. The van der Waals surface area contributed by atoms with E-state index < -0.39 is 11.0 Å². The van der Waals surface area contributed by atoms with Gasteiger partial charge in [-0.3, -0.25) is 14.9 Å². The molecule has 1 aromatic carbocycles. The van der Waals surface area contributed by atoms with Gasteiger partial charge in [-0.1, -0.05) is 12.1 Å². The minimum Gasteiger partial charge on any atom is -0.376 e. The van der Waals surface area contributed by atoms with Crippen molar-refractivity contribution in [3.8, 4) is 0 Å². The van der Waals surface area contributed by atoms with Crippen molar-refractivity contribution in [2.24, 2.45) is 0 Å². The van der Waals surface area contributed by atoms with Crippen LogP contribution in [0.15, 0.2) is 24.3 Å². The van der Waals surface area contributed by atoms with Crippen LogP contribution in [0.1, 0.15) is 5.56 Å². The van der Waals surface area contributed by atoms with E-state index in [1.54, 1.807) is 12.1 Å². The second-order valence-electron chi connectivity index (χ2n) is 4.00. The number of benzene rings is 1. The first-order valence-corrected chi connectivity index (χ1v) is 5.62. The van der Waals surface area contributed by atoms with Crippen LogP contribution in [0.4, 0.5) is 5.69 Å². The smallest absolute Gasteiger partial charge is 0.269 e. The van der Waals surface area contributed by atoms with Crippen molar-refractivity contribution in [2.45, 2.75) is 12.5 Å². The van der Waals surface area contributed by atoms with Gasteiger partial charge in [0.05, 0.1) is 24.7 Å². The first kappa shape index (κ1) is 12.7. The van der Waals surface area contributed by atoms with Crippen LogP contribution in [-0.4, -0.2) is 36.6 Å². The van der Waals surface area contributed by atoms with Crippen LogP contribution in [0.2, 0.25) is 0 Å². The first-order valence-electron chi connectivity index (χ1n) is 5.62. The number of nitro groups is 1. The maximum Gasteiger partial charge on any atom is 0.269 e. The van der Waals surface area contributed by atoms with E-state index in [2.05, 4.69) is 0 Å². The molecule has 2 rings (SSSR count). The van der Waals surface area contributed by atoms with E-state index in [4.69, 9.17) is 9.47 Å². The summed E-state index contributed by atoms with van der Waals surface area (Å²) < 4.78 is 10.4. The second kappa shape index (κ2) is 5.70. The molecule has 0 saturated carbocycles. The third kappa shape index (κ3) is 3.12. The molecule has 0 aromatic heterocycles. The maximum atomic E-state index is 11.8. The third-order valence-corrected chi connectivity index (χ3v) is 2.70. The van der Waals surface area contributed by atoms with E-state index in [0.717, 1.165) is 5.56 Å². The molecule has 0 aliphatic carbocycles. The van der Waals surface area contributed by atoms with E-state index in [1.807, 2.05) is 0 Å². The lowest BCUT2D eigenvalue weighted by Gasteiger charge is -2.21. The predicted molar refractivity (Wildman–Crippen MR) is 62.4 cm³/mol. The van der Waals surface area contributed by atoms with Crippen molar-refractivity contribution in [3.05, 3.63) is 39.9 Å². The molecular formula is C12H13NO5. The van der Waals surface area contributed by atoms with Crippen molar-refractivity contribution in [1.29, 1.82) is 0 Å². The number of carbonyl (C=O) groups excluding carboxylic acids is 1. The zero-order chi connectivity index (χ0) is 13.0. The van der Waals surface area contributed by atoms with Crippen LogP contribution >= 0.6 is 0 Å². The van der Waals surface area contributed by atoms with Crippen molar-refractivity contribution in [1.82, 2.24) is 0 Å². The fourth-order valence-electron chi connectivity index (χ4n) is 1.72. The van der Waals surface area contributed by atoms with Crippen LogP contribution in [0.5, 0.6) is 0 Å². The molecule has 1 aliphatic heterocycles. The summed E-state index contributed by atoms with van der Waals surface area (Å²) in [5.74, 6) is -0.0662. The molecule has 1 fully saturated rings. The Kier molecular flexibility index (Phi) is 4.01. The summed E-state index contributed by atoms with van der Waals surface area (Å²) in [7, 11) is 0. The van der Waals surface area contributed by atoms with Crippen LogP contribution in [0.3, 0.4) is 0 Å². The fraction of sp³-hybridized carbons (Fsp3) is 0.417. The number of ketones is 1. The van der Waals surface area contributed by atoms with E-state index in [9.17, 15) is 14.9 Å². The van der Waals surface area contributed by atoms with Crippen LogP contribution in [-0.2, 0) is 20.7 Å². The molecule has 1 saturated heterocycles. The summed E-state index contributed by atoms with van der Waals surface area (Å²) in [4.78, 5) is 21.9. The molecule has 0 amide bonds. The Morgan fingerprint density at radius 1 is 1.33 bits per heavy atom. The monoisotopic (exact) mass is 251 g/mol. The first-order chi connectivity index (χ1) is 8.66. The summed E-state index contributed by atoms with van der Waals surface area (Å²) in [6.45, 7) is 1.23. The lowest BCUT2D eigenvalue weighted by molar-refractivity contribution is -0.384. The summed E-state index contributed by atoms with van der Waals surface area (Å²) in [5, 5.41) is 10.5. The topological polar surface area (TPSA) is 78.7 Å². The summed E-state index contributed by atoms with van der Waals surface area (Å²) >= 11 is 0. The van der Waals surface area contributed by atoms with Crippen molar-refractivity contribution in [2.75, 3.05) is 19.8 Å². The molecule has 18 heavy (non-hydrogen) atoms. The molecule has 1 aromatic rings. The average molecular weight is 251 g/mol. The zero-order valence-corrected chi connectivity index (χ0v) is 9.70. The number of Topliss-reactive ketones (excluding diaryl/α,β-unsaturated/α-hetero) is 1. The van der Waals surface area contributed by atoms with Gasteiger partial charge in [-0.05, 0) is 5.56 Å². The standard InChI is InChI=1S/C12H13NO5/c14-11(12-8-17-5-6-18-12)7-9-1-3-10(4-2-9)13(15)16/h1-4,12H,5-8H2. The number of hydrogen-bond acceptors (Lipinski definition) is 5. The van der Waals surface area contributed by atoms with Gasteiger partial charge in [0.25, 0.3) is 5.69 Å². The SMILES string of the molecule is O=C(Cc1ccc([N+](=O)[O-])cc1)C1COCCO1. The van der Waals surface area contributed by atoms with Crippen molar-refractivity contribution in [3.63, 3.8) is 0 Å². The van der Waals surface area contributed by atoms with Crippen LogP contribution in [0, 0.1) is 10.1 Å². The fourth-order valence-corrected chi connectivity index (χ4v) is 1.72. The Labute approximate surface area is 104 Å². The van der Waals surface area contributed by atoms with Gasteiger partial charge >= 0.3 is 0 Å². The molecule has 6 heteroatoms. The normalized spacial score (nSPS) is 19.4. The molecule has 1 unspecified atom stereocenters. The Balaban J connectivity index is 1.96. The quantitative estimate of drug-likeness (QED) is 0.592. The molecule has 1 heterocycles. The number of nitro benzene ring substituents is 1. The zero-order valence-electron chi connectivity index (χ0n) is 9.70. The molecular weight excluding hydrogens is 238 g/mol. The molecule has 0 N–H and O–H groups in total. The van der Waals surface area contributed by atoms with Crippen LogP contribution < -0.4 is 0 Å². The molecule has 1 aliphatic rings. The van der Waals surface area contributed by atoms with E-state index in [-0.39, 0.29) is 24.5 Å². The highest BCUT2D eigenvalue weighted by atomic mass is 16.6. The maximum absolute atomic E-state index is 11.8. The number of nitrogens with zero attached hydrogens (tertiary/aromatic N) is 1. The highest BCUT2D eigenvalue weighted by molar-refractivity contribution is 5.85. The van der Waals surface area contributed by atoms with E-state index in [1.165, 1.54) is 12.1 Å². The molecule has 6 nitrogen and oxygen atoms in total. The minimum atomic E-state index is -0.519. The highest BCUT2D eigenvalue weighted by Gasteiger charge is 2.22. The van der Waals surface area contributed by atoms with Gasteiger partial charge in [-0.25, -0.2) is 0 Å². The second-order valence-corrected chi connectivity index (χ2v) is 4.00. The molecule has 0 radical (unpaired) electrons. The van der Waals surface area contributed by atoms with Gasteiger partial charge in [0, 0.05) is 18.6 Å². The van der Waals surface area contributed by atoms with Crippen molar-refractivity contribution >= 4 is 11.5 Å². The van der Waals surface area contributed by atoms with Gasteiger partial charge in [0.2, 0.25) is 0 Å². The largest absolute Gasteiger partial charge is 0.376 e. The van der Waals surface area contributed by atoms with Gasteiger partial charge in [0.1, 0.15) is 6.10 Å². The van der Waals surface area contributed by atoms with E-state index >= 15 is 0 Å². The number of non-ortho nitro benzene ring substituents is 1. The van der Waals surface area contributed by atoms with Crippen LogP contribution in [0.25, 0.3) is 0 Å². The number of rotatable bonds is 4. The van der Waals surface area contributed by atoms with Gasteiger partial charge < -0.3 is 9.47 Å². The van der Waals surface area contributed by atoms with Gasteiger partial charge in [0.15, 0.2) is 5.78 Å².